The molecule has 0 radical (unpaired) electrons. The van der Waals surface area contributed by atoms with Crippen molar-refractivity contribution in [2.24, 2.45) is 0 Å². The zero-order valence-corrected chi connectivity index (χ0v) is 16.1. The molecule has 2 aromatic rings. The average Bonchev–Trinajstić information content (AvgIpc) is 2.72. The third kappa shape index (κ3) is 3.86. The molecule has 0 fully saturated rings. The maximum atomic E-state index is 6.42. The van der Waals surface area contributed by atoms with Crippen molar-refractivity contribution < 1.29 is 0 Å². The summed E-state index contributed by atoms with van der Waals surface area (Å²) in [5.41, 5.74) is 2.39. The molecule has 0 aliphatic heterocycles. The highest BCUT2D eigenvalue weighted by Gasteiger charge is 2.19. The number of benzene rings is 1. The van der Waals surface area contributed by atoms with E-state index in [1.807, 2.05) is 12.1 Å². The summed E-state index contributed by atoms with van der Waals surface area (Å²) in [6.45, 7) is 5.25. The van der Waals surface area contributed by atoms with Crippen molar-refractivity contribution in [2.45, 2.75) is 26.3 Å². The Bertz CT molecular complexity index is 578. The van der Waals surface area contributed by atoms with Gasteiger partial charge in [-0.05, 0) is 65.1 Å². The summed E-state index contributed by atoms with van der Waals surface area (Å²) < 4.78 is 2.19. The minimum atomic E-state index is 0.144. The number of hydrogen-bond acceptors (Lipinski definition) is 2. The summed E-state index contributed by atoms with van der Waals surface area (Å²) in [4.78, 5) is 1.28. The molecule has 1 heterocycles. The third-order valence-electron chi connectivity index (χ3n) is 3.03. The van der Waals surface area contributed by atoms with Gasteiger partial charge in [0, 0.05) is 14.4 Å². The Kier molecular flexibility index (Phi) is 6.11. The standard InChI is InChI=1S/C15H16Br2ClNS/c1-3-6-19-14(13-7-9(2)15(17)20-13)11-5-4-10(16)8-12(11)18/h4-5,7-8,14,19H,3,6H2,1-2H3. The first kappa shape index (κ1) is 16.5. The van der Waals surface area contributed by atoms with E-state index in [0.29, 0.717) is 0 Å². The van der Waals surface area contributed by atoms with Crippen molar-refractivity contribution >= 4 is 54.8 Å². The third-order valence-corrected chi connectivity index (χ3v) is 6.05. The second-order valence-corrected chi connectivity index (χ2v) is 8.38. The fourth-order valence-corrected chi connectivity index (χ4v) is 4.46. The van der Waals surface area contributed by atoms with Gasteiger partial charge in [0.2, 0.25) is 0 Å². The van der Waals surface area contributed by atoms with Gasteiger partial charge in [0.15, 0.2) is 0 Å². The Morgan fingerprint density at radius 1 is 1.30 bits per heavy atom. The molecule has 5 heteroatoms. The lowest BCUT2D eigenvalue weighted by Crippen LogP contribution is -2.22. The van der Waals surface area contributed by atoms with Crippen LogP contribution in [0.3, 0.4) is 0 Å². The van der Waals surface area contributed by atoms with E-state index >= 15 is 0 Å². The number of aryl methyl sites for hydroxylation is 1. The van der Waals surface area contributed by atoms with Gasteiger partial charge in [-0.3, -0.25) is 0 Å². The predicted octanol–water partition coefficient (Wildman–Crippen LogP) is 6.32. The van der Waals surface area contributed by atoms with Crippen LogP contribution in [0.5, 0.6) is 0 Å². The van der Waals surface area contributed by atoms with Gasteiger partial charge in [-0.25, -0.2) is 0 Å². The first-order valence-electron chi connectivity index (χ1n) is 6.47. The summed E-state index contributed by atoms with van der Waals surface area (Å²) in [6, 6.07) is 8.44. The van der Waals surface area contributed by atoms with Crippen LogP contribution in [-0.4, -0.2) is 6.54 Å². The Hall–Kier alpha value is 0.130. The molecular formula is C15H16Br2ClNS. The highest BCUT2D eigenvalue weighted by atomic mass is 79.9. The van der Waals surface area contributed by atoms with Crippen LogP contribution in [0.2, 0.25) is 5.02 Å². The fraction of sp³-hybridized carbons (Fsp3) is 0.333. The van der Waals surface area contributed by atoms with Gasteiger partial charge < -0.3 is 5.32 Å². The van der Waals surface area contributed by atoms with E-state index in [0.717, 1.165) is 28.0 Å². The second-order valence-electron chi connectivity index (χ2n) is 4.66. The summed E-state index contributed by atoms with van der Waals surface area (Å²) in [7, 11) is 0. The topological polar surface area (TPSA) is 12.0 Å². The van der Waals surface area contributed by atoms with Gasteiger partial charge in [-0.1, -0.05) is 40.5 Å². The normalized spacial score (nSPS) is 12.7. The minimum absolute atomic E-state index is 0.144. The first-order valence-corrected chi connectivity index (χ1v) is 9.25. The van der Waals surface area contributed by atoms with Gasteiger partial charge in [0.25, 0.3) is 0 Å². The van der Waals surface area contributed by atoms with E-state index < -0.39 is 0 Å². The quantitative estimate of drug-likeness (QED) is 0.577. The lowest BCUT2D eigenvalue weighted by Gasteiger charge is -2.19. The number of hydrogen-bond donors (Lipinski definition) is 1. The summed E-state index contributed by atoms with van der Waals surface area (Å²) >= 11 is 15.3. The van der Waals surface area contributed by atoms with Crippen LogP contribution in [0.1, 0.15) is 35.4 Å². The van der Waals surface area contributed by atoms with Gasteiger partial charge in [0.05, 0.1) is 9.83 Å². The molecule has 1 nitrogen and oxygen atoms in total. The van der Waals surface area contributed by atoms with Crippen LogP contribution in [0, 0.1) is 6.92 Å². The van der Waals surface area contributed by atoms with Crippen LogP contribution in [0.25, 0.3) is 0 Å². The zero-order valence-electron chi connectivity index (χ0n) is 11.3. The molecule has 0 spiro atoms. The van der Waals surface area contributed by atoms with Crippen molar-refractivity contribution in [1.29, 1.82) is 0 Å². The average molecular weight is 438 g/mol. The van der Waals surface area contributed by atoms with Gasteiger partial charge >= 0.3 is 0 Å². The molecule has 0 saturated carbocycles. The predicted molar refractivity (Wildman–Crippen MR) is 96.0 cm³/mol. The van der Waals surface area contributed by atoms with E-state index in [9.17, 15) is 0 Å². The highest BCUT2D eigenvalue weighted by molar-refractivity contribution is 9.11. The van der Waals surface area contributed by atoms with Crippen molar-refractivity contribution in [3.63, 3.8) is 0 Å². The molecule has 0 aliphatic rings. The zero-order chi connectivity index (χ0) is 14.7. The lowest BCUT2D eigenvalue weighted by molar-refractivity contribution is 0.606. The molecule has 1 unspecified atom stereocenters. The summed E-state index contributed by atoms with van der Waals surface area (Å²) in [5, 5.41) is 4.38. The number of nitrogens with one attached hydrogen (secondary N) is 1. The second kappa shape index (κ2) is 7.41. The lowest BCUT2D eigenvalue weighted by atomic mass is 10.0. The van der Waals surface area contributed by atoms with E-state index in [1.54, 1.807) is 11.3 Å². The molecule has 108 valence electrons. The maximum absolute atomic E-state index is 6.42. The first-order chi connectivity index (χ1) is 9.52. The van der Waals surface area contributed by atoms with E-state index in [2.05, 4.69) is 63.2 Å². The van der Waals surface area contributed by atoms with Crippen LogP contribution in [-0.2, 0) is 0 Å². The minimum Gasteiger partial charge on any atom is -0.306 e. The molecule has 20 heavy (non-hydrogen) atoms. The molecule has 1 aromatic carbocycles. The van der Waals surface area contributed by atoms with E-state index in [-0.39, 0.29) is 6.04 Å². The molecule has 0 aliphatic carbocycles. The molecular weight excluding hydrogens is 422 g/mol. The Balaban J connectivity index is 2.41. The van der Waals surface area contributed by atoms with Gasteiger partial charge in [0.1, 0.15) is 0 Å². The van der Waals surface area contributed by atoms with Crippen LogP contribution in [0.15, 0.2) is 32.5 Å². The number of thiophene rings is 1. The maximum Gasteiger partial charge on any atom is 0.0731 e. The SMILES string of the molecule is CCCNC(c1cc(C)c(Br)s1)c1ccc(Br)cc1Cl. The number of halogens is 3. The monoisotopic (exact) mass is 435 g/mol. The molecule has 1 N–H and O–H groups in total. The fourth-order valence-electron chi connectivity index (χ4n) is 2.01. The molecule has 2 rings (SSSR count). The van der Waals surface area contributed by atoms with Crippen molar-refractivity contribution in [1.82, 2.24) is 5.32 Å². The van der Waals surface area contributed by atoms with E-state index in [1.165, 1.54) is 14.2 Å². The Morgan fingerprint density at radius 3 is 2.60 bits per heavy atom. The smallest absolute Gasteiger partial charge is 0.0731 e. The summed E-state index contributed by atoms with van der Waals surface area (Å²) in [5.74, 6) is 0. The molecule has 0 saturated heterocycles. The van der Waals surface area contributed by atoms with Gasteiger partial charge in [-0.15, -0.1) is 11.3 Å². The van der Waals surface area contributed by atoms with Crippen LogP contribution in [0.4, 0.5) is 0 Å². The van der Waals surface area contributed by atoms with Crippen molar-refractivity contribution in [3.05, 3.63) is 53.6 Å². The Morgan fingerprint density at radius 2 is 2.05 bits per heavy atom. The summed E-state index contributed by atoms with van der Waals surface area (Å²) in [6.07, 6.45) is 1.09. The van der Waals surface area contributed by atoms with Crippen LogP contribution < -0.4 is 5.32 Å². The molecule has 0 amide bonds. The molecule has 1 atom stereocenters. The largest absolute Gasteiger partial charge is 0.306 e. The van der Waals surface area contributed by atoms with Crippen molar-refractivity contribution in [3.8, 4) is 0 Å². The van der Waals surface area contributed by atoms with Gasteiger partial charge in [-0.2, -0.15) is 0 Å². The number of rotatable bonds is 5. The van der Waals surface area contributed by atoms with E-state index in [4.69, 9.17) is 11.6 Å². The van der Waals surface area contributed by atoms with Crippen LogP contribution >= 0.6 is 54.8 Å². The Labute approximate surface area is 146 Å². The molecule has 0 bridgehead atoms. The highest BCUT2D eigenvalue weighted by Crippen LogP contribution is 2.37. The van der Waals surface area contributed by atoms with Crippen molar-refractivity contribution in [2.75, 3.05) is 6.54 Å². The molecule has 1 aromatic heterocycles.